The summed E-state index contributed by atoms with van der Waals surface area (Å²) in [6.07, 6.45) is 1.95. The van der Waals surface area contributed by atoms with Crippen molar-refractivity contribution in [3.05, 3.63) is 51.5 Å². The fourth-order valence-corrected chi connectivity index (χ4v) is 2.65. The first-order valence-electron chi connectivity index (χ1n) is 5.45. The van der Waals surface area contributed by atoms with Crippen LogP contribution in [0.4, 0.5) is 11.4 Å². The SMILES string of the molecule is CSc1cccc(Nc2ccc(Br)c(Cl)c2)c1C#N. The second-order valence-electron chi connectivity index (χ2n) is 3.75. The van der Waals surface area contributed by atoms with Gasteiger partial charge in [0.15, 0.2) is 0 Å². The molecule has 96 valence electrons. The van der Waals surface area contributed by atoms with Crippen molar-refractivity contribution in [3.63, 3.8) is 0 Å². The zero-order valence-corrected chi connectivity index (χ0v) is 13.2. The van der Waals surface area contributed by atoms with E-state index in [1.165, 1.54) is 0 Å². The minimum absolute atomic E-state index is 0.629. The van der Waals surface area contributed by atoms with Crippen LogP contribution in [0.2, 0.25) is 5.02 Å². The van der Waals surface area contributed by atoms with Crippen LogP contribution in [-0.2, 0) is 0 Å². The summed E-state index contributed by atoms with van der Waals surface area (Å²) in [6, 6.07) is 13.6. The Kier molecular flexibility index (Phi) is 4.76. The standard InChI is InChI=1S/C14H10BrClN2S/c1-19-14-4-2-3-13(10(14)8-17)18-9-5-6-11(15)12(16)7-9/h2-7,18H,1H3. The molecule has 0 aliphatic carbocycles. The van der Waals surface area contributed by atoms with E-state index in [-0.39, 0.29) is 0 Å². The van der Waals surface area contributed by atoms with Crippen LogP contribution in [0.5, 0.6) is 0 Å². The summed E-state index contributed by atoms with van der Waals surface area (Å²) < 4.78 is 0.845. The number of hydrogen-bond donors (Lipinski definition) is 1. The highest BCUT2D eigenvalue weighted by Gasteiger charge is 2.08. The van der Waals surface area contributed by atoms with E-state index in [4.69, 9.17) is 11.6 Å². The normalized spacial score (nSPS) is 10.0. The molecule has 1 N–H and O–H groups in total. The van der Waals surface area contributed by atoms with E-state index in [1.54, 1.807) is 11.8 Å². The average molecular weight is 354 g/mol. The first-order valence-corrected chi connectivity index (χ1v) is 7.84. The van der Waals surface area contributed by atoms with Gasteiger partial charge in [0.1, 0.15) is 6.07 Å². The molecular formula is C14H10BrClN2S. The molecule has 2 aromatic rings. The Morgan fingerprint density at radius 1 is 1.32 bits per heavy atom. The summed E-state index contributed by atoms with van der Waals surface area (Å²) in [4.78, 5) is 0.954. The molecule has 0 aromatic heterocycles. The molecule has 19 heavy (non-hydrogen) atoms. The third-order valence-corrected chi connectivity index (χ3v) is 4.57. The molecule has 0 atom stereocenters. The molecular weight excluding hydrogens is 344 g/mol. The number of nitrogens with zero attached hydrogens (tertiary/aromatic N) is 1. The van der Waals surface area contributed by atoms with Crippen LogP contribution < -0.4 is 5.32 Å². The Labute approximate surface area is 129 Å². The van der Waals surface area contributed by atoms with Gasteiger partial charge in [-0.2, -0.15) is 5.26 Å². The largest absolute Gasteiger partial charge is 0.354 e. The number of nitriles is 1. The molecule has 0 fully saturated rings. The number of hydrogen-bond acceptors (Lipinski definition) is 3. The lowest BCUT2D eigenvalue weighted by molar-refractivity contribution is 1.36. The Balaban J connectivity index is 2.38. The lowest BCUT2D eigenvalue weighted by Crippen LogP contribution is -1.95. The fourth-order valence-electron chi connectivity index (χ4n) is 1.65. The minimum Gasteiger partial charge on any atom is -0.354 e. The van der Waals surface area contributed by atoms with Crippen molar-refractivity contribution < 1.29 is 0 Å². The second-order valence-corrected chi connectivity index (χ2v) is 5.86. The second kappa shape index (κ2) is 6.33. The van der Waals surface area contributed by atoms with E-state index >= 15 is 0 Å². The van der Waals surface area contributed by atoms with Crippen LogP contribution in [0.3, 0.4) is 0 Å². The van der Waals surface area contributed by atoms with Crippen molar-refractivity contribution >= 4 is 50.7 Å². The maximum Gasteiger partial charge on any atom is 0.103 e. The molecule has 5 heteroatoms. The maximum atomic E-state index is 9.27. The van der Waals surface area contributed by atoms with Gasteiger partial charge in [-0.05, 0) is 52.5 Å². The number of benzene rings is 2. The smallest absolute Gasteiger partial charge is 0.103 e. The molecule has 0 amide bonds. The van der Waals surface area contributed by atoms with Gasteiger partial charge in [-0.15, -0.1) is 11.8 Å². The number of anilines is 2. The molecule has 0 aliphatic rings. The summed E-state index contributed by atoms with van der Waals surface area (Å²) in [5.74, 6) is 0. The van der Waals surface area contributed by atoms with Crippen molar-refractivity contribution in [1.29, 1.82) is 5.26 Å². The maximum absolute atomic E-state index is 9.27. The number of nitrogens with one attached hydrogen (secondary N) is 1. The molecule has 0 saturated carbocycles. The molecule has 0 aliphatic heterocycles. The van der Waals surface area contributed by atoms with E-state index < -0.39 is 0 Å². The van der Waals surface area contributed by atoms with Crippen molar-refractivity contribution in [1.82, 2.24) is 0 Å². The Hall–Kier alpha value is -1.15. The van der Waals surface area contributed by atoms with Gasteiger partial charge in [0.2, 0.25) is 0 Å². The van der Waals surface area contributed by atoms with Gasteiger partial charge in [-0.25, -0.2) is 0 Å². The molecule has 0 spiro atoms. The first-order chi connectivity index (χ1) is 9.15. The van der Waals surface area contributed by atoms with Crippen LogP contribution in [-0.4, -0.2) is 6.26 Å². The van der Waals surface area contributed by atoms with Gasteiger partial charge < -0.3 is 5.32 Å². The van der Waals surface area contributed by atoms with Crippen LogP contribution in [0.15, 0.2) is 45.8 Å². The molecule has 0 bridgehead atoms. The number of thioether (sulfide) groups is 1. The lowest BCUT2D eigenvalue weighted by atomic mass is 10.2. The Bertz CT molecular complexity index is 652. The predicted molar refractivity (Wildman–Crippen MR) is 85.4 cm³/mol. The van der Waals surface area contributed by atoms with Crippen LogP contribution in [0, 0.1) is 11.3 Å². The predicted octanol–water partition coefficient (Wildman–Crippen LogP) is 5.44. The van der Waals surface area contributed by atoms with Crippen molar-refractivity contribution in [2.75, 3.05) is 11.6 Å². The van der Waals surface area contributed by atoms with Crippen LogP contribution in [0.1, 0.15) is 5.56 Å². The van der Waals surface area contributed by atoms with Crippen LogP contribution in [0.25, 0.3) is 0 Å². The molecule has 2 nitrogen and oxygen atoms in total. The van der Waals surface area contributed by atoms with Crippen LogP contribution >= 0.6 is 39.3 Å². The quantitative estimate of drug-likeness (QED) is 0.746. The molecule has 0 saturated heterocycles. The van der Waals surface area contributed by atoms with Gasteiger partial charge in [0.05, 0.1) is 16.3 Å². The van der Waals surface area contributed by atoms with Crippen molar-refractivity contribution in [2.24, 2.45) is 0 Å². The van der Waals surface area contributed by atoms with E-state index in [0.29, 0.717) is 10.6 Å². The van der Waals surface area contributed by atoms with E-state index in [1.807, 2.05) is 42.7 Å². The summed E-state index contributed by atoms with van der Waals surface area (Å²) in [7, 11) is 0. The van der Waals surface area contributed by atoms with E-state index in [9.17, 15) is 5.26 Å². The third kappa shape index (κ3) is 3.24. The molecule has 0 radical (unpaired) electrons. The molecule has 2 aromatic carbocycles. The Morgan fingerprint density at radius 3 is 2.74 bits per heavy atom. The lowest BCUT2D eigenvalue weighted by Gasteiger charge is -2.11. The van der Waals surface area contributed by atoms with Crippen molar-refractivity contribution in [3.8, 4) is 6.07 Å². The van der Waals surface area contributed by atoms with E-state index in [2.05, 4.69) is 27.3 Å². The highest BCUT2D eigenvalue weighted by Crippen LogP contribution is 2.31. The zero-order valence-electron chi connectivity index (χ0n) is 10.1. The zero-order chi connectivity index (χ0) is 13.8. The summed E-state index contributed by atoms with van der Waals surface area (Å²) in [5.41, 5.74) is 2.28. The number of rotatable bonds is 3. The summed E-state index contributed by atoms with van der Waals surface area (Å²) >= 11 is 11.0. The fraction of sp³-hybridized carbons (Fsp3) is 0.0714. The molecule has 2 rings (SSSR count). The van der Waals surface area contributed by atoms with Gasteiger partial charge >= 0.3 is 0 Å². The topological polar surface area (TPSA) is 35.8 Å². The molecule has 0 heterocycles. The highest BCUT2D eigenvalue weighted by atomic mass is 79.9. The monoisotopic (exact) mass is 352 g/mol. The van der Waals surface area contributed by atoms with Gasteiger partial charge in [-0.1, -0.05) is 17.7 Å². The van der Waals surface area contributed by atoms with E-state index in [0.717, 1.165) is 20.7 Å². The van der Waals surface area contributed by atoms with Gasteiger partial charge in [0, 0.05) is 15.1 Å². The third-order valence-electron chi connectivity index (χ3n) is 2.56. The first kappa shape index (κ1) is 14.3. The number of halogens is 2. The highest BCUT2D eigenvalue weighted by molar-refractivity contribution is 9.10. The Morgan fingerprint density at radius 2 is 2.11 bits per heavy atom. The summed E-state index contributed by atoms with van der Waals surface area (Å²) in [5, 5.41) is 13.1. The minimum atomic E-state index is 0.629. The average Bonchev–Trinajstić information content (AvgIpc) is 2.42. The van der Waals surface area contributed by atoms with Gasteiger partial charge in [0.25, 0.3) is 0 Å². The van der Waals surface area contributed by atoms with Crippen molar-refractivity contribution in [2.45, 2.75) is 4.90 Å². The van der Waals surface area contributed by atoms with Gasteiger partial charge in [-0.3, -0.25) is 0 Å². The molecule has 0 unspecified atom stereocenters. The summed E-state index contributed by atoms with van der Waals surface area (Å²) in [6.45, 7) is 0.